The van der Waals surface area contributed by atoms with Gasteiger partial charge >= 0.3 is 0 Å². The minimum atomic E-state index is -0.251. The summed E-state index contributed by atoms with van der Waals surface area (Å²) < 4.78 is 13.1. The molecule has 0 unspecified atom stereocenters. The molecule has 0 aliphatic carbocycles. The van der Waals surface area contributed by atoms with Crippen LogP contribution in [0.3, 0.4) is 0 Å². The minimum Gasteiger partial charge on any atom is -0.399 e. The standard InChI is InChI=1S/C14H15FN2/c1-9-5-12(16)8-13(6-9)17-14-7-11(15)4-3-10(14)2/h3-8,17H,16H2,1-2H3. The van der Waals surface area contributed by atoms with E-state index in [9.17, 15) is 4.39 Å². The third kappa shape index (κ3) is 2.75. The van der Waals surface area contributed by atoms with Crippen LogP contribution in [-0.4, -0.2) is 0 Å². The Hall–Kier alpha value is -2.03. The van der Waals surface area contributed by atoms with E-state index in [1.54, 1.807) is 6.07 Å². The average Bonchev–Trinajstić information content (AvgIpc) is 2.22. The van der Waals surface area contributed by atoms with E-state index in [2.05, 4.69) is 5.32 Å². The van der Waals surface area contributed by atoms with Crippen molar-refractivity contribution in [2.24, 2.45) is 0 Å². The quantitative estimate of drug-likeness (QED) is 0.771. The maximum atomic E-state index is 13.1. The van der Waals surface area contributed by atoms with Gasteiger partial charge in [0.1, 0.15) is 5.82 Å². The third-order valence-corrected chi connectivity index (χ3v) is 2.58. The Labute approximate surface area is 100 Å². The summed E-state index contributed by atoms with van der Waals surface area (Å²) >= 11 is 0. The van der Waals surface area contributed by atoms with E-state index in [0.717, 1.165) is 22.5 Å². The van der Waals surface area contributed by atoms with E-state index in [4.69, 9.17) is 5.73 Å². The first-order chi connectivity index (χ1) is 8.04. The van der Waals surface area contributed by atoms with Crippen molar-refractivity contribution in [2.45, 2.75) is 13.8 Å². The first-order valence-corrected chi connectivity index (χ1v) is 5.45. The van der Waals surface area contributed by atoms with Gasteiger partial charge in [0, 0.05) is 17.1 Å². The summed E-state index contributed by atoms with van der Waals surface area (Å²) in [4.78, 5) is 0. The van der Waals surface area contributed by atoms with Crippen LogP contribution in [-0.2, 0) is 0 Å². The highest BCUT2D eigenvalue weighted by Gasteiger charge is 2.02. The fraction of sp³-hybridized carbons (Fsp3) is 0.143. The molecular weight excluding hydrogens is 215 g/mol. The van der Waals surface area contributed by atoms with Crippen molar-refractivity contribution in [1.29, 1.82) is 0 Å². The summed E-state index contributed by atoms with van der Waals surface area (Å²) in [7, 11) is 0. The van der Waals surface area contributed by atoms with E-state index in [0.29, 0.717) is 5.69 Å². The molecule has 0 bridgehead atoms. The molecule has 2 rings (SSSR count). The highest BCUT2D eigenvalue weighted by molar-refractivity contribution is 5.67. The second-order valence-corrected chi connectivity index (χ2v) is 4.22. The maximum absolute atomic E-state index is 13.1. The fourth-order valence-electron chi connectivity index (χ4n) is 1.77. The van der Waals surface area contributed by atoms with E-state index in [1.807, 2.05) is 32.0 Å². The van der Waals surface area contributed by atoms with Gasteiger partial charge in [-0.3, -0.25) is 0 Å². The van der Waals surface area contributed by atoms with Crippen molar-refractivity contribution in [2.75, 3.05) is 11.1 Å². The van der Waals surface area contributed by atoms with Crippen LogP contribution in [0.15, 0.2) is 36.4 Å². The fourth-order valence-corrected chi connectivity index (χ4v) is 1.77. The SMILES string of the molecule is Cc1cc(N)cc(Nc2cc(F)ccc2C)c1. The van der Waals surface area contributed by atoms with Crippen LogP contribution in [0.4, 0.5) is 21.5 Å². The van der Waals surface area contributed by atoms with Crippen molar-refractivity contribution in [3.63, 3.8) is 0 Å². The van der Waals surface area contributed by atoms with E-state index in [1.165, 1.54) is 12.1 Å². The molecule has 0 aromatic heterocycles. The van der Waals surface area contributed by atoms with Gasteiger partial charge in [0.05, 0.1) is 0 Å². The molecule has 0 heterocycles. The zero-order chi connectivity index (χ0) is 12.4. The predicted octanol–water partition coefficient (Wildman–Crippen LogP) is 3.77. The summed E-state index contributed by atoms with van der Waals surface area (Å²) in [6.45, 7) is 3.90. The van der Waals surface area contributed by atoms with Gasteiger partial charge in [0.25, 0.3) is 0 Å². The van der Waals surface area contributed by atoms with Gasteiger partial charge in [-0.1, -0.05) is 6.07 Å². The molecule has 2 nitrogen and oxygen atoms in total. The number of anilines is 3. The molecule has 3 heteroatoms. The van der Waals surface area contributed by atoms with Crippen LogP contribution < -0.4 is 11.1 Å². The van der Waals surface area contributed by atoms with E-state index >= 15 is 0 Å². The molecule has 0 aliphatic rings. The van der Waals surface area contributed by atoms with E-state index < -0.39 is 0 Å². The van der Waals surface area contributed by atoms with Crippen molar-refractivity contribution < 1.29 is 4.39 Å². The lowest BCUT2D eigenvalue weighted by molar-refractivity contribution is 0.628. The van der Waals surface area contributed by atoms with Crippen LogP contribution in [0.25, 0.3) is 0 Å². The lowest BCUT2D eigenvalue weighted by atomic mass is 10.1. The van der Waals surface area contributed by atoms with Crippen LogP contribution in [0, 0.1) is 19.7 Å². The van der Waals surface area contributed by atoms with E-state index in [-0.39, 0.29) is 5.82 Å². The maximum Gasteiger partial charge on any atom is 0.125 e. The number of benzene rings is 2. The molecule has 0 saturated heterocycles. The molecule has 0 amide bonds. The lowest BCUT2D eigenvalue weighted by Crippen LogP contribution is -1.96. The second-order valence-electron chi connectivity index (χ2n) is 4.22. The Balaban J connectivity index is 2.34. The Morgan fingerprint density at radius 2 is 1.82 bits per heavy atom. The number of halogens is 1. The number of hydrogen-bond donors (Lipinski definition) is 2. The first-order valence-electron chi connectivity index (χ1n) is 5.45. The first kappa shape index (κ1) is 11.5. The van der Waals surface area contributed by atoms with Crippen molar-refractivity contribution >= 4 is 17.1 Å². The molecule has 0 fully saturated rings. The average molecular weight is 230 g/mol. The summed E-state index contributed by atoms with van der Waals surface area (Å²) in [5.41, 5.74) is 10.2. The van der Waals surface area contributed by atoms with Gasteiger partial charge in [-0.15, -0.1) is 0 Å². The van der Waals surface area contributed by atoms with Crippen molar-refractivity contribution in [1.82, 2.24) is 0 Å². The number of rotatable bonds is 2. The minimum absolute atomic E-state index is 0.251. The Bertz CT molecular complexity index is 530. The molecule has 17 heavy (non-hydrogen) atoms. The number of nitrogens with two attached hydrogens (primary N) is 1. The highest BCUT2D eigenvalue weighted by Crippen LogP contribution is 2.23. The number of nitrogens with one attached hydrogen (secondary N) is 1. The zero-order valence-corrected chi connectivity index (χ0v) is 9.92. The number of aryl methyl sites for hydroxylation is 2. The molecular formula is C14H15FN2. The molecule has 88 valence electrons. The Morgan fingerprint density at radius 1 is 1.06 bits per heavy atom. The summed E-state index contributed by atoms with van der Waals surface area (Å²) in [6.07, 6.45) is 0. The van der Waals surface area contributed by atoms with Gasteiger partial charge in [0.15, 0.2) is 0 Å². The van der Waals surface area contributed by atoms with Gasteiger partial charge in [-0.25, -0.2) is 4.39 Å². The monoisotopic (exact) mass is 230 g/mol. The second kappa shape index (κ2) is 4.45. The zero-order valence-electron chi connectivity index (χ0n) is 9.92. The topological polar surface area (TPSA) is 38.0 Å². The molecule has 0 atom stereocenters. The number of nitrogen functional groups attached to an aromatic ring is 1. The predicted molar refractivity (Wildman–Crippen MR) is 70.0 cm³/mol. The molecule has 0 aliphatic heterocycles. The van der Waals surface area contributed by atoms with Gasteiger partial charge < -0.3 is 11.1 Å². The largest absolute Gasteiger partial charge is 0.399 e. The van der Waals surface area contributed by atoms with Gasteiger partial charge in [0.2, 0.25) is 0 Å². The van der Waals surface area contributed by atoms with Gasteiger partial charge in [-0.05, 0) is 55.3 Å². The lowest BCUT2D eigenvalue weighted by Gasteiger charge is -2.11. The Kier molecular flexibility index (Phi) is 3.00. The molecule has 2 aromatic rings. The summed E-state index contributed by atoms with van der Waals surface area (Å²) in [6, 6.07) is 10.4. The van der Waals surface area contributed by atoms with Crippen LogP contribution in [0.2, 0.25) is 0 Å². The molecule has 3 N–H and O–H groups in total. The smallest absolute Gasteiger partial charge is 0.125 e. The highest BCUT2D eigenvalue weighted by atomic mass is 19.1. The normalized spacial score (nSPS) is 10.3. The molecule has 2 aromatic carbocycles. The van der Waals surface area contributed by atoms with Crippen LogP contribution >= 0.6 is 0 Å². The summed E-state index contributed by atoms with van der Waals surface area (Å²) in [5, 5.41) is 3.17. The molecule has 0 radical (unpaired) electrons. The van der Waals surface area contributed by atoms with Crippen molar-refractivity contribution in [3.8, 4) is 0 Å². The van der Waals surface area contributed by atoms with Gasteiger partial charge in [-0.2, -0.15) is 0 Å². The molecule has 0 saturated carbocycles. The summed E-state index contributed by atoms with van der Waals surface area (Å²) in [5.74, 6) is -0.251. The number of hydrogen-bond acceptors (Lipinski definition) is 2. The van der Waals surface area contributed by atoms with Crippen molar-refractivity contribution in [3.05, 3.63) is 53.3 Å². The Morgan fingerprint density at radius 3 is 2.53 bits per heavy atom. The molecule has 0 spiro atoms. The van der Waals surface area contributed by atoms with Crippen LogP contribution in [0.1, 0.15) is 11.1 Å². The third-order valence-electron chi connectivity index (χ3n) is 2.58. The van der Waals surface area contributed by atoms with Crippen LogP contribution in [0.5, 0.6) is 0 Å².